The Balaban J connectivity index is 1.36. The van der Waals surface area contributed by atoms with Gasteiger partial charge < -0.3 is 26.2 Å². The van der Waals surface area contributed by atoms with Crippen LogP contribution in [0.2, 0.25) is 0 Å². The molecule has 4 N–H and O–H groups in total. The molecule has 268 valence electrons. The second kappa shape index (κ2) is 15.8. The predicted molar refractivity (Wildman–Crippen MR) is 181 cm³/mol. The summed E-state index contributed by atoms with van der Waals surface area (Å²) in [5, 5.41) is 11.5. The van der Waals surface area contributed by atoms with Crippen LogP contribution in [0.25, 0.3) is 0 Å². The van der Waals surface area contributed by atoms with E-state index in [0.717, 1.165) is 64.2 Å². The molecule has 1 aromatic heterocycles. The minimum atomic E-state index is -0.994. The van der Waals surface area contributed by atoms with E-state index < -0.39 is 59.0 Å². The molecular formula is C36H53N7O6. The van der Waals surface area contributed by atoms with E-state index in [1.807, 2.05) is 27.7 Å². The molecule has 49 heavy (non-hydrogen) atoms. The Morgan fingerprint density at radius 2 is 1.63 bits per heavy atom. The van der Waals surface area contributed by atoms with E-state index in [-0.39, 0.29) is 35.4 Å². The van der Waals surface area contributed by atoms with Gasteiger partial charge in [0.1, 0.15) is 23.8 Å². The number of carbonyl (C=O) groups excluding carboxylic acids is 6. The number of amides is 5. The summed E-state index contributed by atoms with van der Waals surface area (Å²) in [7, 11) is 0. The number of likely N-dealkylation sites (tertiary alicyclic amines) is 1. The fraction of sp³-hybridized carbons (Fsp3) is 0.722. The van der Waals surface area contributed by atoms with Crippen LogP contribution in [0.4, 0.5) is 0 Å². The first-order chi connectivity index (χ1) is 23.4. The van der Waals surface area contributed by atoms with Crippen molar-refractivity contribution in [1.29, 1.82) is 0 Å². The maximum atomic E-state index is 14.6. The highest BCUT2D eigenvalue weighted by molar-refractivity contribution is 6.38. The number of nitrogens with zero attached hydrogens (tertiary/aromatic N) is 3. The van der Waals surface area contributed by atoms with E-state index in [4.69, 9.17) is 0 Å². The van der Waals surface area contributed by atoms with Gasteiger partial charge in [-0.2, -0.15) is 0 Å². The first kappa shape index (κ1) is 36.4. The summed E-state index contributed by atoms with van der Waals surface area (Å²) in [6.45, 7) is 7.85. The average Bonchev–Trinajstić information content (AvgIpc) is 3.65. The number of hydrogen-bond donors (Lipinski definition) is 4. The van der Waals surface area contributed by atoms with Gasteiger partial charge in [-0.1, -0.05) is 59.8 Å². The zero-order valence-electron chi connectivity index (χ0n) is 29.3. The molecule has 1 aliphatic heterocycles. The van der Waals surface area contributed by atoms with Crippen molar-refractivity contribution in [1.82, 2.24) is 36.1 Å². The zero-order valence-corrected chi connectivity index (χ0v) is 29.3. The van der Waals surface area contributed by atoms with Crippen molar-refractivity contribution >= 4 is 35.3 Å². The number of rotatable bonds is 13. The van der Waals surface area contributed by atoms with Gasteiger partial charge in [0, 0.05) is 25.0 Å². The molecule has 1 saturated heterocycles. The lowest BCUT2D eigenvalue weighted by Crippen LogP contribution is -2.62. The first-order valence-electron chi connectivity index (χ1n) is 18.2. The number of ketones is 1. The van der Waals surface area contributed by atoms with Gasteiger partial charge in [0.15, 0.2) is 0 Å². The lowest BCUT2D eigenvalue weighted by Gasteiger charge is -2.38. The molecule has 0 spiro atoms. The maximum Gasteiger partial charge on any atom is 0.289 e. The highest BCUT2D eigenvalue weighted by Gasteiger charge is 2.52. The third kappa shape index (κ3) is 8.83. The van der Waals surface area contributed by atoms with Crippen LogP contribution in [0.3, 0.4) is 0 Å². The molecule has 1 aromatic rings. The Kier molecular flexibility index (Phi) is 11.7. The molecule has 3 aliphatic carbocycles. The number of nitrogens with one attached hydrogen (secondary N) is 4. The van der Waals surface area contributed by atoms with Gasteiger partial charge in [-0.05, 0) is 68.1 Å². The molecule has 5 rings (SSSR count). The standard InChI is InChI=1S/C36H53N7O6/c1-5-10-25(29(44)34(48)39-23-15-16-23)40-33(47)28-24-14-9-13-22(24)20-43(28)35(49)30(36(2,3)4)42-32(46)27(21-11-7-6-8-12-21)41-31(45)26-19-37-17-18-38-26/h17-19,21-25,27-28,30H,5-16,20H2,1-4H3,(H,39,48)(H,40,47)(H,41,45)(H,42,46)/t22-,24+,25+,27-,28-,30+/m0/s1. The number of fused-ring (bicyclic) bond motifs is 1. The van der Waals surface area contributed by atoms with Crippen LogP contribution in [0, 0.1) is 23.2 Å². The molecule has 13 heteroatoms. The van der Waals surface area contributed by atoms with Crippen molar-refractivity contribution < 1.29 is 28.8 Å². The highest BCUT2D eigenvalue weighted by atomic mass is 16.2. The lowest BCUT2D eigenvalue weighted by atomic mass is 9.82. The molecule has 13 nitrogen and oxygen atoms in total. The van der Waals surface area contributed by atoms with E-state index in [9.17, 15) is 28.8 Å². The number of Topliss-reactive ketones (excluding diaryl/α,β-unsaturated/α-hetero) is 1. The van der Waals surface area contributed by atoms with Gasteiger partial charge in [0.05, 0.1) is 12.2 Å². The van der Waals surface area contributed by atoms with Crippen molar-refractivity contribution in [2.24, 2.45) is 23.2 Å². The van der Waals surface area contributed by atoms with Crippen molar-refractivity contribution in [3.8, 4) is 0 Å². The zero-order chi connectivity index (χ0) is 35.3. The number of carbonyl (C=O) groups is 6. The molecule has 0 unspecified atom stereocenters. The van der Waals surface area contributed by atoms with Gasteiger partial charge in [0.2, 0.25) is 23.5 Å². The van der Waals surface area contributed by atoms with Gasteiger partial charge in [0.25, 0.3) is 11.8 Å². The molecule has 0 aromatic carbocycles. The van der Waals surface area contributed by atoms with Crippen LogP contribution in [-0.4, -0.2) is 86.9 Å². The van der Waals surface area contributed by atoms with Crippen molar-refractivity contribution in [3.63, 3.8) is 0 Å². The molecule has 4 fully saturated rings. The van der Waals surface area contributed by atoms with Crippen LogP contribution in [0.15, 0.2) is 18.6 Å². The molecule has 0 bridgehead atoms. The van der Waals surface area contributed by atoms with Crippen molar-refractivity contribution in [2.75, 3.05) is 6.54 Å². The third-order valence-electron chi connectivity index (χ3n) is 10.7. The van der Waals surface area contributed by atoms with Gasteiger partial charge >= 0.3 is 0 Å². The van der Waals surface area contributed by atoms with Gasteiger partial charge in [-0.15, -0.1) is 0 Å². The van der Waals surface area contributed by atoms with E-state index in [1.165, 1.54) is 18.6 Å². The Morgan fingerprint density at radius 3 is 2.27 bits per heavy atom. The van der Waals surface area contributed by atoms with Crippen LogP contribution in [0.1, 0.15) is 115 Å². The van der Waals surface area contributed by atoms with Gasteiger partial charge in [-0.3, -0.25) is 33.8 Å². The number of hydrogen-bond acceptors (Lipinski definition) is 8. The SMILES string of the molecule is CCC[C@@H](NC(=O)[C@@H]1[C@@H]2CCC[C@H]2CN1C(=O)[C@@H](NC(=O)[C@@H](NC(=O)c1cnccn1)C1CCCCC1)C(C)(C)C)C(=O)C(=O)NC1CC1. The molecule has 6 atom stereocenters. The van der Waals surface area contributed by atoms with Gasteiger partial charge in [-0.25, -0.2) is 4.98 Å². The second-order valence-electron chi connectivity index (χ2n) is 15.5. The summed E-state index contributed by atoms with van der Waals surface area (Å²) in [6.07, 6.45) is 13.9. The maximum absolute atomic E-state index is 14.6. The smallest absolute Gasteiger partial charge is 0.289 e. The second-order valence-corrected chi connectivity index (χ2v) is 15.5. The van der Waals surface area contributed by atoms with Crippen LogP contribution in [0.5, 0.6) is 0 Å². The minimum absolute atomic E-state index is 0.0132. The van der Waals surface area contributed by atoms with E-state index in [0.29, 0.717) is 19.4 Å². The van der Waals surface area contributed by atoms with Crippen LogP contribution < -0.4 is 21.3 Å². The predicted octanol–water partition coefficient (Wildman–Crippen LogP) is 2.45. The Bertz CT molecular complexity index is 1390. The Hall–Kier alpha value is -3.90. The summed E-state index contributed by atoms with van der Waals surface area (Å²) in [4.78, 5) is 91.4. The van der Waals surface area contributed by atoms with E-state index in [2.05, 4.69) is 31.2 Å². The molecule has 5 amide bonds. The van der Waals surface area contributed by atoms with E-state index in [1.54, 1.807) is 4.90 Å². The third-order valence-corrected chi connectivity index (χ3v) is 10.7. The number of aromatic nitrogens is 2. The van der Waals surface area contributed by atoms with E-state index >= 15 is 0 Å². The average molecular weight is 680 g/mol. The topological polar surface area (TPSA) is 180 Å². The summed E-state index contributed by atoms with van der Waals surface area (Å²) in [5.74, 6) is -3.20. The largest absolute Gasteiger partial charge is 0.347 e. The molecule has 0 radical (unpaired) electrons. The first-order valence-corrected chi connectivity index (χ1v) is 18.2. The summed E-state index contributed by atoms with van der Waals surface area (Å²) >= 11 is 0. The highest BCUT2D eigenvalue weighted by Crippen LogP contribution is 2.43. The lowest BCUT2D eigenvalue weighted by molar-refractivity contribution is -0.146. The fourth-order valence-electron chi connectivity index (χ4n) is 7.87. The normalized spacial score (nSPS) is 24.2. The molecular weight excluding hydrogens is 626 g/mol. The quantitative estimate of drug-likeness (QED) is 0.230. The summed E-state index contributed by atoms with van der Waals surface area (Å²) in [5.41, 5.74) is -0.638. The Morgan fingerprint density at radius 1 is 0.898 bits per heavy atom. The van der Waals surface area contributed by atoms with Crippen molar-refractivity contribution in [3.05, 3.63) is 24.3 Å². The van der Waals surface area contributed by atoms with Crippen LogP contribution >= 0.6 is 0 Å². The molecule has 4 aliphatic rings. The van der Waals surface area contributed by atoms with Crippen LogP contribution in [-0.2, 0) is 24.0 Å². The summed E-state index contributed by atoms with van der Waals surface area (Å²) in [6, 6.07) is -3.68. The molecule has 2 heterocycles. The molecule has 3 saturated carbocycles. The fourth-order valence-corrected chi connectivity index (χ4v) is 7.87. The summed E-state index contributed by atoms with van der Waals surface area (Å²) < 4.78 is 0. The monoisotopic (exact) mass is 679 g/mol. The minimum Gasteiger partial charge on any atom is -0.347 e. The Labute approximate surface area is 288 Å². The van der Waals surface area contributed by atoms with Crippen molar-refractivity contribution in [2.45, 2.75) is 135 Å².